The first kappa shape index (κ1) is 9.27. The van der Waals surface area contributed by atoms with E-state index in [2.05, 4.69) is 25.9 Å². The number of hydrogen-bond acceptors (Lipinski definition) is 2. The fraction of sp³-hybridized carbons (Fsp3) is 0.100. The average molecular weight is 253 g/mol. The topological polar surface area (TPSA) is 37.4 Å². The number of nitrogens with zero attached hydrogens (tertiary/aromatic N) is 1. The van der Waals surface area contributed by atoms with Crippen LogP contribution in [0.2, 0.25) is 0 Å². The first-order valence-electron chi connectivity index (χ1n) is 4.14. The number of aromatic amines is 1. The average Bonchev–Trinajstić information content (AvgIpc) is 2.76. The number of hydrogen-bond donors (Lipinski definition) is 1. The van der Waals surface area contributed by atoms with E-state index in [0.29, 0.717) is 0 Å². The molecular weight excluding hydrogens is 244 g/mol. The Balaban J connectivity index is 2.36. The van der Waals surface area contributed by atoms with Gasteiger partial charge >= 0.3 is 0 Å². The molecule has 0 saturated heterocycles. The van der Waals surface area contributed by atoms with E-state index in [1.165, 1.54) is 0 Å². The van der Waals surface area contributed by atoms with Crippen molar-refractivity contribution in [3.05, 3.63) is 34.2 Å². The zero-order chi connectivity index (χ0) is 9.97. The van der Waals surface area contributed by atoms with Gasteiger partial charge in [0.25, 0.3) is 0 Å². The molecule has 4 heteroatoms. The number of aromatic nitrogens is 1. The van der Waals surface area contributed by atoms with E-state index in [9.17, 15) is 0 Å². The molecule has 72 valence electrons. The summed E-state index contributed by atoms with van der Waals surface area (Å²) in [5.41, 5.74) is 1.83. The number of halogens is 1. The van der Waals surface area contributed by atoms with Crippen molar-refractivity contribution >= 4 is 28.2 Å². The van der Waals surface area contributed by atoms with E-state index in [4.69, 9.17) is 4.74 Å². The molecule has 0 radical (unpaired) electrons. The van der Waals surface area contributed by atoms with E-state index in [1.54, 1.807) is 13.3 Å². The highest BCUT2D eigenvalue weighted by Gasteiger charge is 2.05. The van der Waals surface area contributed by atoms with Crippen molar-refractivity contribution in [2.24, 2.45) is 4.99 Å². The molecule has 0 atom stereocenters. The van der Waals surface area contributed by atoms with Crippen molar-refractivity contribution in [1.82, 2.24) is 4.98 Å². The van der Waals surface area contributed by atoms with Gasteiger partial charge in [0.05, 0.1) is 23.1 Å². The Bertz CT molecular complexity index is 415. The highest BCUT2D eigenvalue weighted by Crippen LogP contribution is 2.25. The zero-order valence-corrected chi connectivity index (χ0v) is 9.21. The van der Waals surface area contributed by atoms with E-state index >= 15 is 0 Å². The van der Waals surface area contributed by atoms with Crippen molar-refractivity contribution in [3.63, 3.8) is 0 Å². The standard InChI is InChI=1S/C10H9BrN2O/c1-14-9-6-10(11)13-8(9)5-7-3-2-4-12-7/h2-6,13H,1H3/b7-5-. The normalized spacial score (nSPS) is 16.9. The number of allylic oxidation sites excluding steroid dienone is 2. The van der Waals surface area contributed by atoms with Crippen LogP contribution in [0, 0.1) is 0 Å². The molecular formula is C10H9BrN2O. The lowest BCUT2D eigenvalue weighted by Gasteiger charge is -1.96. The second-order valence-electron chi connectivity index (χ2n) is 2.81. The van der Waals surface area contributed by atoms with Gasteiger partial charge in [0.1, 0.15) is 5.75 Å². The third kappa shape index (κ3) is 1.80. The number of aliphatic imine (C=N–C) groups is 1. The third-order valence-corrected chi connectivity index (χ3v) is 2.29. The Kier molecular flexibility index (Phi) is 2.54. The SMILES string of the molecule is COc1cc(Br)[nH]c1/C=C1/C=CC=N1. The summed E-state index contributed by atoms with van der Waals surface area (Å²) in [6, 6.07) is 1.88. The van der Waals surface area contributed by atoms with Crippen LogP contribution < -0.4 is 4.74 Å². The van der Waals surface area contributed by atoms with Gasteiger partial charge in [0, 0.05) is 12.3 Å². The van der Waals surface area contributed by atoms with Gasteiger partial charge < -0.3 is 9.72 Å². The van der Waals surface area contributed by atoms with Crippen LogP contribution in [0.15, 0.2) is 33.5 Å². The van der Waals surface area contributed by atoms with Crippen molar-refractivity contribution in [2.45, 2.75) is 0 Å². The number of nitrogens with one attached hydrogen (secondary N) is 1. The van der Waals surface area contributed by atoms with Crippen molar-refractivity contribution in [2.75, 3.05) is 7.11 Å². The summed E-state index contributed by atoms with van der Waals surface area (Å²) in [4.78, 5) is 7.28. The van der Waals surface area contributed by atoms with Crippen LogP contribution >= 0.6 is 15.9 Å². The molecule has 1 aromatic heterocycles. The van der Waals surface area contributed by atoms with Gasteiger partial charge in [-0.25, -0.2) is 0 Å². The maximum Gasteiger partial charge on any atom is 0.145 e. The molecule has 0 saturated carbocycles. The summed E-state index contributed by atoms with van der Waals surface area (Å²) in [5, 5.41) is 0. The molecule has 1 N–H and O–H groups in total. The fourth-order valence-electron chi connectivity index (χ4n) is 1.24. The Morgan fingerprint density at radius 3 is 3.07 bits per heavy atom. The largest absolute Gasteiger partial charge is 0.494 e. The first-order valence-corrected chi connectivity index (χ1v) is 4.94. The van der Waals surface area contributed by atoms with Crippen molar-refractivity contribution in [1.29, 1.82) is 0 Å². The molecule has 1 aliphatic heterocycles. The molecule has 3 nitrogen and oxygen atoms in total. The lowest BCUT2D eigenvalue weighted by Crippen LogP contribution is -1.83. The van der Waals surface area contributed by atoms with Crippen molar-refractivity contribution < 1.29 is 4.74 Å². The number of ether oxygens (including phenoxy) is 1. The van der Waals surface area contributed by atoms with Gasteiger partial charge in [0.2, 0.25) is 0 Å². The molecule has 0 amide bonds. The highest BCUT2D eigenvalue weighted by molar-refractivity contribution is 9.10. The molecule has 1 aliphatic rings. The molecule has 0 aromatic carbocycles. The minimum Gasteiger partial charge on any atom is -0.494 e. The maximum absolute atomic E-state index is 5.19. The molecule has 2 heterocycles. The Hall–Kier alpha value is -1.29. The van der Waals surface area contributed by atoms with Gasteiger partial charge in [-0.05, 0) is 34.2 Å². The highest BCUT2D eigenvalue weighted by atomic mass is 79.9. The molecule has 0 fully saturated rings. The summed E-state index contributed by atoms with van der Waals surface area (Å²) in [6.45, 7) is 0. The quantitative estimate of drug-likeness (QED) is 0.864. The van der Waals surface area contributed by atoms with Gasteiger partial charge in [-0.15, -0.1) is 0 Å². The van der Waals surface area contributed by atoms with E-state index in [-0.39, 0.29) is 0 Å². The van der Waals surface area contributed by atoms with Crippen LogP contribution in [-0.4, -0.2) is 18.3 Å². The van der Waals surface area contributed by atoms with Crippen LogP contribution in [0.25, 0.3) is 6.08 Å². The zero-order valence-electron chi connectivity index (χ0n) is 7.62. The Morgan fingerprint density at radius 1 is 1.57 bits per heavy atom. The van der Waals surface area contributed by atoms with E-state index < -0.39 is 0 Å². The lowest BCUT2D eigenvalue weighted by atomic mass is 10.3. The van der Waals surface area contributed by atoms with Gasteiger partial charge in [-0.2, -0.15) is 0 Å². The maximum atomic E-state index is 5.19. The molecule has 0 bridgehead atoms. The second-order valence-corrected chi connectivity index (χ2v) is 3.66. The van der Waals surface area contributed by atoms with Gasteiger partial charge in [0.15, 0.2) is 0 Å². The van der Waals surface area contributed by atoms with Gasteiger partial charge in [-0.1, -0.05) is 0 Å². The first-order chi connectivity index (χ1) is 6.79. The van der Waals surface area contributed by atoms with Crippen LogP contribution in [0.1, 0.15) is 5.69 Å². The van der Waals surface area contributed by atoms with Crippen LogP contribution in [-0.2, 0) is 0 Å². The minimum absolute atomic E-state index is 0.805. The monoisotopic (exact) mass is 252 g/mol. The number of H-pyrrole nitrogens is 1. The summed E-state index contributed by atoms with van der Waals surface area (Å²) in [5.74, 6) is 0.805. The Morgan fingerprint density at radius 2 is 2.43 bits per heavy atom. The molecule has 14 heavy (non-hydrogen) atoms. The van der Waals surface area contributed by atoms with E-state index in [1.807, 2.05) is 24.3 Å². The molecule has 1 aromatic rings. The smallest absolute Gasteiger partial charge is 0.145 e. The summed E-state index contributed by atoms with van der Waals surface area (Å²) in [6.07, 6.45) is 7.53. The molecule has 0 aliphatic carbocycles. The predicted molar refractivity (Wildman–Crippen MR) is 60.7 cm³/mol. The van der Waals surface area contributed by atoms with Crippen LogP contribution in [0.3, 0.4) is 0 Å². The predicted octanol–water partition coefficient (Wildman–Crippen LogP) is 2.77. The Labute approximate surface area is 90.3 Å². The minimum atomic E-state index is 0.805. The number of rotatable bonds is 2. The van der Waals surface area contributed by atoms with E-state index in [0.717, 1.165) is 21.7 Å². The molecule has 0 spiro atoms. The summed E-state index contributed by atoms with van der Waals surface area (Å²) < 4.78 is 6.09. The summed E-state index contributed by atoms with van der Waals surface area (Å²) in [7, 11) is 1.64. The van der Waals surface area contributed by atoms with Crippen molar-refractivity contribution in [3.8, 4) is 5.75 Å². The molecule has 2 rings (SSSR count). The molecule has 0 unspecified atom stereocenters. The lowest BCUT2D eigenvalue weighted by molar-refractivity contribution is 0.414. The van der Waals surface area contributed by atoms with Crippen LogP contribution in [0.5, 0.6) is 5.75 Å². The fourth-order valence-corrected chi connectivity index (χ4v) is 1.66. The van der Waals surface area contributed by atoms with Crippen LogP contribution in [0.4, 0.5) is 0 Å². The summed E-state index contributed by atoms with van der Waals surface area (Å²) >= 11 is 3.35. The third-order valence-electron chi connectivity index (χ3n) is 1.87. The number of methoxy groups -OCH3 is 1. The van der Waals surface area contributed by atoms with Gasteiger partial charge in [-0.3, -0.25) is 4.99 Å². The second kappa shape index (κ2) is 3.84.